The van der Waals surface area contributed by atoms with Gasteiger partial charge in [-0.2, -0.15) is 0 Å². The number of hydrogen-bond acceptors (Lipinski definition) is 4. The van der Waals surface area contributed by atoms with Gasteiger partial charge in [-0.3, -0.25) is 9.59 Å². The number of carboxylic acid groups (broad SMARTS) is 1. The fourth-order valence-electron chi connectivity index (χ4n) is 2.72. The van der Waals surface area contributed by atoms with E-state index < -0.39 is 23.2 Å². The van der Waals surface area contributed by atoms with Crippen LogP contribution in [0.1, 0.15) is 13.8 Å². The number of aromatic nitrogens is 1. The van der Waals surface area contributed by atoms with Gasteiger partial charge in [0, 0.05) is 0 Å². The van der Waals surface area contributed by atoms with Gasteiger partial charge in [-0.05, 0) is 23.6 Å². The van der Waals surface area contributed by atoms with Gasteiger partial charge in [0.1, 0.15) is 5.82 Å². The summed E-state index contributed by atoms with van der Waals surface area (Å²) in [6, 6.07) is 4.19. The van der Waals surface area contributed by atoms with Gasteiger partial charge >= 0.3 is 5.97 Å². The molecule has 0 aliphatic heterocycles. The van der Waals surface area contributed by atoms with Crippen molar-refractivity contribution in [2.75, 3.05) is 5.32 Å². The zero-order valence-corrected chi connectivity index (χ0v) is 12.2. The van der Waals surface area contributed by atoms with E-state index in [1.807, 2.05) is 0 Å². The Morgan fingerprint density at radius 3 is 2.71 bits per heavy atom. The molecule has 1 saturated carbocycles. The Morgan fingerprint density at radius 2 is 2.10 bits per heavy atom. The number of hydrogen-bond donors (Lipinski definition) is 2. The van der Waals surface area contributed by atoms with Crippen molar-refractivity contribution < 1.29 is 19.1 Å². The Bertz CT molecular complexity index is 756. The number of benzene rings is 1. The minimum atomic E-state index is -0.966. The minimum absolute atomic E-state index is 0.354. The first-order chi connectivity index (χ1) is 9.80. The van der Waals surface area contributed by atoms with Crippen LogP contribution in [0.25, 0.3) is 10.2 Å². The third kappa shape index (κ3) is 2.27. The summed E-state index contributed by atoms with van der Waals surface area (Å²) < 4.78 is 13.7. The molecule has 1 aliphatic carbocycles. The Kier molecular flexibility index (Phi) is 2.98. The molecule has 5 nitrogen and oxygen atoms in total. The average Bonchev–Trinajstić information content (AvgIpc) is 2.75. The number of carbonyl (C=O) groups excluding carboxylic acids is 1. The summed E-state index contributed by atoms with van der Waals surface area (Å²) in [6.07, 6.45) is 0. The first-order valence-electron chi connectivity index (χ1n) is 6.40. The summed E-state index contributed by atoms with van der Waals surface area (Å²) in [5.74, 6) is -2.93. The van der Waals surface area contributed by atoms with E-state index in [0.717, 1.165) is 11.3 Å². The van der Waals surface area contributed by atoms with Crippen molar-refractivity contribution in [1.82, 2.24) is 4.98 Å². The molecule has 1 amide bonds. The Balaban J connectivity index is 1.80. The van der Waals surface area contributed by atoms with Crippen LogP contribution in [-0.2, 0) is 9.59 Å². The predicted molar refractivity (Wildman–Crippen MR) is 76.6 cm³/mol. The van der Waals surface area contributed by atoms with E-state index >= 15 is 0 Å². The van der Waals surface area contributed by atoms with E-state index in [9.17, 15) is 14.0 Å². The molecule has 1 fully saturated rings. The molecule has 1 aliphatic rings. The van der Waals surface area contributed by atoms with Crippen molar-refractivity contribution in [3.63, 3.8) is 0 Å². The summed E-state index contributed by atoms with van der Waals surface area (Å²) in [7, 11) is 0. The molecule has 1 aromatic heterocycles. The molecule has 0 spiro atoms. The van der Waals surface area contributed by atoms with Gasteiger partial charge in [-0.25, -0.2) is 9.37 Å². The zero-order valence-electron chi connectivity index (χ0n) is 11.4. The van der Waals surface area contributed by atoms with Crippen molar-refractivity contribution in [3.8, 4) is 0 Å². The number of thiazole rings is 1. The number of aliphatic carboxylic acids is 1. The number of nitrogens with one attached hydrogen (secondary N) is 1. The average molecular weight is 308 g/mol. The fourth-order valence-corrected chi connectivity index (χ4v) is 3.62. The lowest BCUT2D eigenvalue weighted by atomic mass is 10.1. The highest BCUT2D eigenvalue weighted by Gasteiger charge is 2.65. The molecule has 1 aromatic carbocycles. The highest BCUT2D eigenvalue weighted by atomic mass is 32.1. The van der Waals surface area contributed by atoms with Gasteiger partial charge in [-0.1, -0.05) is 25.2 Å². The van der Waals surface area contributed by atoms with Crippen LogP contribution in [-0.4, -0.2) is 22.0 Å². The summed E-state index contributed by atoms with van der Waals surface area (Å²) in [6.45, 7) is 3.51. The van der Waals surface area contributed by atoms with Crippen LogP contribution in [0.4, 0.5) is 9.52 Å². The van der Waals surface area contributed by atoms with Crippen molar-refractivity contribution in [2.45, 2.75) is 13.8 Å². The lowest BCUT2D eigenvalue weighted by Gasteiger charge is -2.02. The van der Waals surface area contributed by atoms with E-state index in [-0.39, 0.29) is 11.7 Å². The van der Waals surface area contributed by atoms with Crippen LogP contribution in [0.3, 0.4) is 0 Å². The summed E-state index contributed by atoms with van der Waals surface area (Å²) in [4.78, 5) is 27.4. The van der Waals surface area contributed by atoms with Gasteiger partial charge in [0.05, 0.1) is 22.1 Å². The van der Waals surface area contributed by atoms with E-state index in [4.69, 9.17) is 5.11 Å². The highest BCUT2D eigenvalue weighted by molar-refractivity contribution is 7.22. The third-order valence-electron chi connectivity index (χ3n) is 3.96. The van der Waals surface area contributed by atoms with Crippen LogP contribution >= 0.6 is 11.3 Å². The SMILES string of the molecule is CC1(C)C(C(=O)O)C1C(=O)Nc1nc2ccc(F)cc2s1. The number of nitrogens with zero attached hydrogens (tertiary/aromatic N) is 1. The monoisotopic (exact) mass is 308 g/mol. The minimum Gasteiger partial charge on any atom is -0.481 e. The smallest absolute Gasteiger partial charge is 0.307 e. The Morgan fingerprint density at radius 1 is 1.38 bits per heavy atom. The summed E-state index contributed by atoms with van der Waals surface area (Å²) in [5.41, 5.74) is 0.0418. The Labute approximate surface area is 123 Å². The molecule has 0 bridgehead atoms. The first kappa shape index (κ1) is 13.9. The van der Waals surface area contributed by atoms with Crippen LogP contribution in [0.5, 0.6) is 0 Å². The second kappa shape index (κ2) is 4.49. The number of rotatable bonds is 3. The topological polar surface area (TPSA) is 79.3 Å². The molecule has 110 valence electrons. The second-order valence-corrected chi connectivity index (χ2v) is 6.77. The molecule has 1 heterocycles. The molecule has 2 aromatic rings. The normalized spacial score (nSPS) is 23.0. The molecular formula is C14H13FN2O3S. The predicted octanol–water partition coefficient (Wildman–Crippen LogP) is 2.73. The van der Waals surface area contributed by atoms with Crippen LogP contribution < -0.4 is 5.32 Å². The number of anilines is 1. The number of amides is 1. The lowest BCUT2D eigenvalue weighted by molar-refractivity contribution is -0.140. The third-order valence-corrected chi connectivity index (χ3v) is 4.89. The van der Waals surface area contributed by atoms with E-state index in [0.29, 0.717) is 15.3 Å². The van der Waals surface area contributed by atoms with Gasteiger partial charge in [0.25, 0.3) is 0 Å². The number of fused-ring (bicyclic) bond motifs is 1. The maximum absolute atomic E-state index is 13.1. The number of carboxylic acids is 1. The van der Waals surface area contributed by atoms with E-state index in [2.05, 4.69) is 10.3 Å². The largest absolute Gasteiger partial charge is 0.481 e. The van der Waals surface area contributed by atoms with Crippen molar-refractivity contribution in [1.29, 1.82) is 0 Å². The summed E-state index contributed by atoms with van der Waals surface area (Å²) in [5, 5.41) is 12.1. The van der Waals surface area contributed by atoms with Crippen LogP contribution in [0.15, 0.2) is 18.2 Å². The number of halogens is 1. The van der Waals surface area contributed by atoms with E-state index in [1.54, 1.807) is 13.8 Å². The van der Waals surface area contributed by atoms with Gasteiger partial charge < -0.3 is 10.4 Å². The molecule has 3 rings (SSSR count). The molecule has 21 heavy (non-hydrogen) atoms. The number of carbonyl (C=O) groups is 2. The molecule has 7 heteroatoms. The quantitative estimate of drug-likeness (QED) is 0.913. The van der Waals surface area contributed by atoms with Crippen molar-refractivity contribution in [2.24, 2.45) is 17.3 Å². The van der Waals surface area contributed by atoms with Crippen molar-refractivity contribution >= 4 is 38.6 Å². The molecule has 2 N–H and O–H groups in total. The first-order valence-corrected chi connectivity index (χ1v) is 7.22. The maximum Gasteiger partial charge on any atom is 0.307 e. The standard InChI is InChI=1S/C14H13FN2O3S/c1-14(2)9(10(14)12(19)20)11(18)17-13-16-7-4-3-6(15)5-8(7)21-13/h3-5,9-10H,1-2H3,(H,19,20)(H,16,17,18). The fraction of sp³-hybridized carbons (Fsp3) is 0.357. The molecule has 2 unspecified atom stereocenters. The maximum atomic E-state index is 13.1. The van der Waals surface area contributed by atoms with Gasteiger partial charge in [0.15, 0.2) is 5.13 Å². The molecule has 0 radical (unpaired) electrons. The van der Waals surface area contributed by atoms with Crippen LogP contribution in [0, 0.1) is 23.1 Å². The molecule has 2 atom stereocenters. The van der Waals surface area contributed by atoms with Crippen LogP contribution in [0.2, 0.25) is 0 Å². The molecule has 0 saturated heterocycles. The molecular weight excluding hydrogens is 295 g/mol. The van der Waals surface area contributed by atoms with Crippen molar-refractivity contribution in [3.05, 3.63) is 24.0 Å². The highest BCUT2D eigenvalue weighted by Crippen LogP contribution is 2.58. The zero-order chi connectivity index (χ0) is 15.4. The summed E-state index contributed by atoms with van der Waals surface area (Å²) >= 11 is 1.16. The Hall–Kier alpha value is -2.02. The second-order valence-electron chi connectivity index (χ2n) is 5.74. The van der Waals surface area contributed by atoms with Gasteiger partial charge in [-0.15, -0.1) is 0 Å². The lowest BCUT2D eigenvalue weighted by Crippen LogP contribution is -2.17. The van der Waals surface area contributed by atoms with E-state index in [1.165, 1.54) is 18.2 Å². The van der Waals surface area contributed by atoms with Gasteiger partial charge in [0.2, 0.25) is 5.91 Å².